The van der Waals surface area contributed by atoms with E-state index < -0.39 is 0 Å². The Balaban J connectivity index is 1.38. The van der Waals surface area contributed by atoms with Crippen molar-refractivity contribution in [2.24, 2.45) is 5.92 Å². The number of aromatic nitrogens is 1. The van der Waals surface area contributed by atoms with E-state index in [4.69, 9.17) is 0 Å². The maximum absolute atomic E-state index is 12.7. The first-order valence-corrected chi connectivity index (χ1v) is 10.9. The summed E-state index contributed by atoms with van der Waals surface area (Å²) in [6, 6.07) is 8.83. The van der Waals surface area contributed by atoms with Gasteiger partial charge in [0.05, 0.1) is 11.6 Å². The van der Waals surface area contributed by atoms with Gasteiger partial charge in [-0.1, -0.05) is 42.7 Å². The molecule has 2 fully saturated rings. The number of carbonyl (C=O) groups excluding carboxylic acids is 2. The van der Waals surface area contributed by atoms with Gasteiger partial charge in [-0.3, -0.25) is 9.59 Å². The van der Waals surface area contributed by atoms with Crippen molar-refractivity contribution in [1.29, 1.82) is 0 Å². The van der Waals surface area contributed by atoms with Crippen molar-refractivity contribution in [2.75, 3.05) is 11.9 Å². The molecule has 2 heterocycles. The zero-order valence-corrected chi connectivity index (χ0v) is 17.3. The summed E-state index contributed by atoms with van der Waals surface area (Å²) in [4.78, 5) is 32.7. The number of nitrogens with one attached hydrogen (secondary N) is 1. The van der Waals surface area contributed by atoms with Crippen LogP contribution in [0.15, 0.2) is 24.3 Å². The van der Waals surface area contributed by atoms with Gasteiger partial charge in [0, 0.05) is 30.3 Å². The zero-order chi connectivity index (χ0) is 19.7. The monoisotopic (exact) mass is 397 g/mol. The van der Waals surface area contributed by atoms with Gasteiger partial charge in [-0.05, 0) is 32.3 Å². The second-order valence-electron chi connectivity index (χ2n) is 8.06. The first-order valence-electron chi connectivity index (χ1n) is 10.1. The van der Waals surface area contributed by atoms with Crippen LogP contribution in [0.2, 0.25) is 0 Å². The van der Waals surface area contributed by atoms with Crippen LogP contribution in [0.1, 0.15) is 53.8 Å². The molecule has 28 heavy (non-hydrogen) atoms. The quantitative estimate of drug-likeness (QED) is 0.827. The molecule has 0 bridgehead atoms. The molecule has 148 valence electrons. The van der Waals surface area contributed by atoms with Gasteiger partial charge in [-0.2, -0.15) is 0 Å². The Labute approximate surface area is 170 Å². The number of rotatable bonds is 5. The minimum atomic E-state index is -0.266. The van der Waals surface area contributed by atoms with Crippen LogP contribution in [0.4, 0.5) is 5.13 Å². The Bertz CT molecular complexity index is 868. The number of benzene rings is 1. The van der Waals surface area contributed by atoms with Crippen molar-refractivity contribution in [2.45, 2.75) is 58.4 Å². The Hall–Kier alpha value is -2.21. The van der Waals surface area contributed by atoms with Crippen LogP contribution in [0, 0.1) is 19.8 Å². The minimum absolute atomic E-state index is 0.0792. The molecule has 0 spiro atoms. The van der Waals surface area contributed by atoms with Crippen LogP contribution in [0.3, 0.4) is 0 Å². The second kappa shape index (κ2) is 8.03. The summed E-state index contributed by atoms with van der Waals surface area (Å²) in [6.45, 7) is 4.61. The molecule has 1 aliphatic carbocycles. The molecule has 2 amide bonds. The molecule has 1 aromatic carbocycles. The van der Waals surface area contributed by atoms with Crippen LogP contribution in [0.25, 0.3) is 0 Å². The van der Waals surface area contributed by atoms with Gasteiger partial charge in [0.1, 0.15) is 0 Å². The van der Waals surface area contributed by atoms with Crippen LogP contribution in [-0.4, -0.2) is 34.3 Å². The van der Waals surface area contributed by atoms with Gasteiger partial charge in [-0.15, -0.1) is 11.3 Å². The third kappa shape index (κ3) is 4.12. The minimum Gasteiger partial charge on any atom is -0.339 e. The number of nitrogens with zero attached hydrogens (tertiary/aromatic N) is 2. The highest BCUT2D eigenvalue weighted by Gasteiger charge is 2.38. The van der Waals surface area contributed by atoms with Gasteiger partial charge in [0.25, 0.3) is 0 Å². The second-order valence-corrected chi connectivity index (χ2v) is 9.15. The molecule has 2 aromatic rings. The number of carbonyl (C=O) groups is 2. The zero-order valence-electron chi connectivity index (χ0n) is 16.5. The summed E-state index contributed by atoms with van der Waals surface area (Å²) in [5, 5.41) is 3.60. The van der Waals surface area contributed by atoms with E-state index in [9.17, 15) is 9.59 Å². The summed E-state index contributed by atoms with van der Waals surface area (Å²) in [6.07, 6.45) is 5.67. The third-order valence-electron chi connectivity index (χ3n) is 5.90. The first kappa shape index (κ1) is 19.1. The number of anilines is 1. The van der Waals surface area contributed by atoms with Crippen molar-refractivity contribution in [3.63, 3.8) is 0 Å². The predicted molar refractivity (Wildman–Crippen MR) is 112 cm³/mol. The lowest BCUT2D eigenvalue weighted by molar-refractivity contribution is -0.129. The summed E-state index contributed by atoms with van der Waals surface area (Å²) in [5.41, 5.74) is 3.44. The van der Waals surface area contributed by atoms with Crippen LogP contribution < -0.4 is 5.32 Å². The van der Waals surface area contributed by atoms with Crippen LogP contribution in [0.5, 0.6) is 0 Å². The standard InChI is InChI=1S/C22H27N3O2S/c1-14-7-9-16(10-8-14)11-19-15(2)23-22(28-19)24-21(27)17-12-20(26)25(13-17)18-5-3-4-6-18/h7-10,17-18H,3-6,11-13H2,1-2H3,(H,23,24,27). The van der Waals surface area contributed by atoms with E-state index in [2.05, 4.69) is 41.5 Å². The highest BCUT2D eigenvalue weighted by Crippen LogP contribution is 2.31. The summed E-state index contributed by atoms with van der Waals surface area (Å²) < 4.78 is 0. The van der Waals surface area contributed by atoms with Crippen molar-refractivity contribution in [1.82, 2.24) is 9.88 Å². The van der Waals surface area contributed by atoms with Crippen molar-refractivity contribution < 1.29 is 9.59 Å². The molecule has 4 rings (SSSR count). The van der Waals surface area contributed by atoms with Gasteiger partial charge in [0.15, 0.2) is 5.13 Å². The fourth-order valence-electron chi connectivity index (χ4n) is 4.22. The number of hydrogen-bond acceptors (Lipinski definition) is 4. The van der Waals surface area contributed by atoms with E-state index in [1.807, 2.05) is 11.8 Å². The Morgan fingerprint density at radius 2 is 1.93 bits per heavy atom. The van der Waals surface area contributed by atoms with Gasteiger partial charge < -0.3 is 10.2 Å². The van der Waals surface area contributed by atoms with E-state index in [1.54, 1.807) is 0 Å². The summed E-state index contributed by atoms with van der Waals surface area (Å²) in [7, 11) is 0. The van der Waals surface area contributed by atoms with E-state index >= 15 is 0 Å². The average Bonchev–Trinajstić information content (AvgIpc) is 3.38. The van der Waals surface area contributed by atoms with E-state index in [0.29, 0.717) is 24.1 Å². The molecule has 1 saturated heterocycles. The number of amides is 2. The number of thiazole rings is 1. The van der Waals surface area contributed by atoms with Crippen molar-refractivity contribution in [3.05, 3.63) is 46.0 Å². The molecule has 6 heteroatoms. The molecular formula is C22H27N3O2S. The Morgan fingerprint density at radius 1 is 1.21 bits per heavy atom. The highest BCUT2D eigenvalue weighted by molar-refractivity contribution is 7.15. The molecule has 1 N–H and O–H groups in total. The smallest absolute Gasteiger partial charge is 0.231 e. The van der Waals surface area contributed by atoms with Gasteiger partial charge in [-0.25, -0.2) is 4.98 Å². The predicted octanol–water partition coefficient (Wildman–Crippen LogP) is 4.08. The molecule has 2 aliphatic rings. The Kier molecular flexibility index (Phi) is 5.49. The van der Waals surface area contributed by atoms with Crippen LogP contribution >= 0.6 is 11.3 Å². The van der Waals surface area contributed by atoms with E-state index in [-0.39, 0.29) is 17.7 Å². The van der Waals surface area contributed by atoms with E-state index in [0.717, 1.165) is 29.8 Å². The lowest BCUT2D eigenvalue weighted by Gasteiger charge is -2.23. The molecule has 1 saturated carbocycles. The normalized spacial score (nSPS) is 20.1. The molecule has 1 unspecified atom stereocenters. The third-order valence-corrected chi connectivity index (χ3v) is 6.98. The molecule has 0 radical (unpaired) electrons. The van der Waals surface area contributed by atoms with Gasteiger partial charge >= 0.3 is 0 Å². The SMILES string of the molecule is Cc1ccc(Cc2sc(NC(=O)C3CC(=O)N(C4CCCC4)C3)nc2C)cc1. The topological polar surface area (TPSA) is 62.3 Å². The number of hydrogen-bond donors (Lipinski definition) is 1. The lowest BCUT2D eigenvalue weighted by atomic mass is 10.1. The highest BCUT2D eigenvalue weighted by atomic mass is 32.1. The Morgan fingerprint density at radius 3 is 2.64 bits per heavy atom. The van der Waals surface area contributed by atoms with E-state index in [1.165, 1.54) is 35.3 Å². The molecule has 5 nitrogen and oxygen atoms in total. The fourth-order valence-corrected chi connectivity index (χ4v) is 5.22. The molecule has 1 atom stereocenters. The van der Waals surface area contributed by atoms with Crippen molar-refractivity contribution >= 4 is 28.3 Å². The summed E-state index contributed by atoms with van der Waals surface area (Å²) in [5.74, 6) is -0.218. The molecule has 1 aliphatic heterocycles. The largest absolute Gasteiger partial charge is 0.339 e. The first-order chi connectivity index (χ1) is 13.5. The number of likely N-dealkylation sites (tertiary alicyclic amines) is 1. The van der Waals surface area contributed by atoms with Crippen molar-refractivity contribution in [3.8, 4) is 0 Å². The number of aryl methyl sites for hydroxylation is 2. The van der Waals surface area contributed by atoms with Gasteiger partial charge in [0.2, 0.25) is 11.8 Å². The average molecular weight is 398 g/mol. The maximum atomic E-state index is 12.7. The van der Waals surface area contributed by atoms with Crippen LogP contribution in [-0.2, 0) is 16.0 Å². The summed E-state index contributed by atoms with van der Waals surface area (Å²) >= 11 is 1.53. The molecular weight excluding hydrogens is 370 g/mol. The fraction of sp³-hybridized carbons (Fsp3) is 0.500. The maximum Gasteiger partial charge on any atom is 0.231 e. The lowest BCUT2D eigenvalue weighted by Crippen LogP contribution is -2.35. The molecule has 1 aromatic heterocycles.